The van der Waals surface area contributed by atoms with E-state index in [0.717, 1.165) is 6.42 Å². The van der Waals surface area contributed by atoms with Crippen LogP contribution >= 0.6 is 0 Å². The number of hydrogen-bond acceptors (Lipinski definition) is 3. The maximum Gasteiger partial charge on any atom is 0.409 e. The molecule has 0 bridgehead atoms. The lowest BCUT2D eigenvalue weighted by molar-refractivity contribution is -0.118. The Bertz CT molecular complexity index is 182. The van der Waals surface area contributed by atoms with Crippen molar-refractivity contribution in [2.24, 2.45) is 0 Å². The van der Waals surface area contributed by atoms with Crippen molar-refractivity contribution < 1.29 is 14.3 Å². The molecular formula is C8H15N2O3. The van der Waals surface area contributed by atoms with Crippen molar-refractivity contribution in [2.45, 2.75) is 19.3 Å². The van der Waals surface area contributed by atoms with Crippen LogP contribution in [0.1, 0.15) is 19.3 Å². The average molecular weight is 187 g/mol. The number of carbonyl (C=O) groups is 2. The molecule has 5 heteroatoms. The fourth-order valence-electron chi connectivity index (χ4n) is 0.882. The zero-order valence-corrected chi connectivity index (χ0v) is 8.00. The Labute approximate surface area is 77.8 Å². The van der Waals surface area contributed by atoms with Gasteiger partial charge >= 0.3 is 6.09 Å². The zero-order chi connectivity index (χ0) is 10.3. The molecule has 0 rings (SSSR count). The summed E-state index contributed by atoms with van der Waals surface area (Å²) in [6.45, 7) is 0.556. The first-order valence-electron chi connectivity index (χ1n) is 4.11. The number of rotatable bonds is 5. The predicted octanol–water partition coefficient (Wildman–Crippen LogP) is 0.664. The van der Waals surface area contributed by atoms with E-state index in [1.807, 2.05) is 0 Å². The van der Waals surface area contributed by atoms with Gasteiger partial charge in [0.1, 0.15) is 0 Å². The summed E-state index contributed by atoms with van der Waals surface area (Å²) in [6.07, 6.45) is 1.24. The van der Waals surface area contributed by atoms with Crippen molar-refractivity contribution in [3.63, 3.8) is 0 Å². The van der Waals surface area contributed by atoms with Crippen LogP contribution in [0, 0.1) is 0 Å². The summed E-state index contributed by atoms with van der Waals surface area (Å²) in [7, 11) is 2.96. The van der Waals surface area contributed by atoms with Gasteiger partial charge in [0.2, 0.25) is 5.91 Å². The third-order valence-electron chi connectivity index (χ3n) is 1.63. The van der Waals surface area contributed by atoms with Crippen LogP contribution in [0.4, 0.5) is 4.79 Å². The topological polar surface area (TPSA) is 70.4 Å². The van der Waals surface area contributed by atoms with E-state index in [9.17, 15) is 9.59 Å². The van der Waals surface area contributed by atoms with Crippen molar-refractivity contribution in [2.75, 3.05) is 20.7 Å². The Morgan fingerprint density at radius 2 is 2.00 bits per heavy atom. The second-order valence-electron chi connectivity index (χ2n) is 2.77. The van der Waals surface area contributed by atoms with Crippen molar-refractivity contribution in [1.82, 2.24) is 10.6 Å². The maximum atomic E-state index is 10.8. The number of carbonyl (C=O) groups excluding carboxylic acids is 2. The van der Waals surface area contributed by atoms with Crippen molar-refractivity contribution in [3.05, 3.63) is 0 Å². The largest absolute Gasteiger partial charge is 0.453 e. The number of nitrogens with one attached hydrogen (secondary N) is 1. The lowest BCUT2D eigenvalue weighted by atomic mass is 10.2. The van der Waals surface area contributed by atoms with Crippen LogP contribution in [0.25, 0.3) is 0 Å². The van der Waals surface area contributed by atoms with E-state index in [4.69, 9.17) is 5.73 Å². The molecule has 0 aliphatic carbocycles. The Hall–Kier alpha value is -1.26. The van der Waals surface area contributed by atoms with E-state index in [0.29, 0.717) is 13.0 Å². The van der Waals surface area contributed by atoms with Crippen molar-refractivity contribution >= 4 is 12.0 Å². The highest BCUT2D eigenvalue weighted by atomic mass is 16.5. The fourth-order valence-corrected chi connectivity index (χ4v) is 0.882. The van der Waals surface area contributed by atoms with Crippen LogP contribution in [0.2, 0.25) is 0 Å². The molecule has 0 aromatic rings. The van der Waals surface area contributed by atoms with Crippen LogP contribution < -0.4 is 5.73 Å². The maximum absolute atomic E-state index is 10.8. The number of amides is 2. The fraction of sp³-hybridized carbons (Fsp3) is 0.750. The number of ether oxygens (including phenoxy) is 1. The van der Waals surface area contributed by atoms with E-state index >= 15 is 0 Å². The van der Waals surface area contributed by atoms with Gasteiger partial charge in [-0.15, -0.1) is 0 Å². The van der Waals surface area contributed by atoms with Gasteiger partial charge in [0.05, 0.1) is 7.11 Å². The molecule has 0 unspecified atom stereocenters. The number of methoxy groups -OCH3 is 1. The van der Waals surface area contributed by atoms with E-state index in [1.165, 1.54) is 12.0 Å². The molecule has 5 nitrogen and oxygen atoms in total. The molecule has 13 heavy (non-hydrogen) atoms. The normalized spacial score (nSPS) is 9.38. The smallest absolute Gasteiger partial charge is 0.409 e. The zero-order valence-electron chi connectivity index (χ0n) is 8.00. The summed E-state index contributed by atoms with van der Waals surface area (Å²) in [5, 5.41) is 0. The predicted molar refractivity (Wildman–Crippen MR) is 47.0 cm³/mol. The van der Waals surface area contributed by atoms with Crippen LogP contribution in [-0.2, 0) is 9.53 Å². The summed E-state index contributed by atoms with van der Waals surface area (Å²) in [5.41, 5.74) is 6.64. The molecule has 1 radical (unpaired) electrons. The van der Waals surface area contributed by atoms with Gasteiger partial charge in [-0.3, -0.25) is 10.5 Å². The number of unbranched alkanes of at least 4 members (excludes halogenated alkanes) is 1. The summed E-state index contributed by atoms with van der Waals surface area (Å²) in [6, 6.07) is 0. The Balaban J connectivity index is 3.42. The van der Waals surface area contributed by atoms with E-state index in [2.05, 4.69) is 4.74 Å². The van der Waals surface area contributed by atoms with Crippen LogP contribution in [0.15, 0.2) is 0 Å². The quantitative estimate of drug-likeness (QED) is 0.594. The first-order valence-corrected chi connectivity index (χ1v) is 4.11. The van der Waals surface area contributed by atoms with E-state index in [-0.39, 0.29) is 12.5 Å². The third-order valence-corrected chi connectivity index (χ3v) is 1.63. The lowest BCUT2D eigenvalue weighted by Gasteiger charge is -2.14. The highest BCUT2D eigenvalue weighted by Gasteiger charge is 2.06. The number of nitrogens with zero attached hydrogens (tertiary/aromatic N) is 1. The molecular weight excluding hydrogens is 172 g/mol. The Kier molecular flexibility index (Phi) is 5.67. The summed E-state index contributed by atoms with van der Waals surface area (Å²) in [5.74, 6) is -0.555. The first kappa shape index (κ1) is 11.7. The monoisotopic (exact) mass is 187 g/mol. The molecule has 0 spiro atoms. The highest BCUT2D eigenvalue weighted by molar-refractivity contribution is 5.72. The molecule has 0 saturated heterocycles. The second-order valence-corrected chi connectivity index (χ2v) is 2.77. The minimum absolute atomic E-state index is 0.259. The first-order chi connectivity index (χ1) is 6.07. The van der Waals surface area contributed by atoms with Gasteiger partial charge in [-0.25, -0.2) is 4.79 Å². The minimum Gasteiger partial charge on any atom is -0.453 e. The van der Waals surface area contributed by atoms with E-state index in [1.54, 1.807) is 7.05 Å². The molecule has 0 aromatic carbocycles. The van der Waals surface area contributed by atoms with Crippen LogP contribution in [0.5, 0.6) is 0 Å². The van der Waals surface area contributed by atoms with Gasteiger partial charge in [-0.2, -0.15) is 0 Å². The van der Waals surface area contributed by atoms with Gasteiger partial charge in [0.15, 0.2) is 0 Å². The molecule has 0 heterocycles. The second kappa shape index (κ2) is 6.28. The van der Waals surface area contributed by atoms with Gasteiger partial charge in [-0.1, -0.05) is 0 Å². The minimum atomic E-state index is -0.555. The molecule has 1 N–H and O–H groups in total. The van der Waals surface area contributed by atoms with Crippen LogP contribution in [0.3, 0.4) is 0 Å². The molecule has 75 valence electrons. The SMILES string of the molecule is COC(=O)N(C)CCCCC([NH])=O. The lowest BCUT2D eigenvalue weighted by Crippen LogP contribution is -2.27. The summed E-state index contributed by atoms with van der Waals surface area (Å²) < 4.78 is 4.47. The van der Waals surface area contributed by atoms with Gasteiger partial charge in [0, 0.05) is 20.0 Å². The molecule has 2 amide bonds. The Morgan fingerprint density at radius 1 is 1.38 bits per heavy atom. The van der Waals surface area contributed by atoms with E-state index < -0.39 is 5.91 Å². The number of hydrogen-bond donors (Lipinski definition) is 0. The average Bonchev–Trinajstić information content (AvgIpc) is 2.10. The van der Waals surface area contributed by atoms with Gasteiger partial charge in [-0.05, 0) is 12.8 Å². The van der Waals surface area contributed by atoms with Crippen LogP contribution in [-0.4, -0.2) is 37.6 Å². The molecule has 0 aliphatic heterocycles. The summed E-state index contributed by atoms with van der Waals surface area (Å²) in [4.78, 5) is 22.5. The molecule has 0 atom stereocenters. The van der Waals surface area contributed by atoms with Crippen molar-refractivity contribution in [1.29, 1.82) is 0 Å². The highest BCUT2D eigenvalue weighted by Crippen LogP contribution is 1.98. The third kappa shape index (κ3) is 5.95. The molecule has 0 fully saturated rings. The molecule has 0 saturated carbocycles. The van der Waals surface area contributed by atoms with Crippen molar-refractivity contribution in [3.8, 4) is 0 Å². The van der Waals surface area contributed by atoms with Gasteiger partial charge < -0.3 is 9.64 Å². The molecule has 0 aliphatic rings. The standard InChI is InChI=1S/C8H15N2O3/c1-10(8(12)13-2)6-4-3-5-7(9)11/h9H,3-6H2,1-2H3. The Morgan fingerprint density at radius 3 is 2.46 bits per heavy atom. The summed E-state index contributed by atoms with van der Waals surface area (Å²) >= 11 is 0. The van der Waals surface area contributed by atoms with Gasteiger partial charge in [0.25, 0.3) is 0 Å². The molecule has 0 aromatic heterocycles.